The van der Waals surface area contributed by atoms with Gasteiger partial charge in [0.1, 0.15) is 17.3 Å². The van der Waals surface area contributed by atoms with Gasteiger partial charge in [0.2, 0.25) is 0 Å². The van der Waals surface area contributed by atoms with E-state index in [1.54, 1.807) is 12.1 Å². The molecule has 0 saturated carbocycles. The van der Waals surface area contributed by atoms with E-state index < -0.39 is 11.5 Å². The number of rotatable bonds is 2. The number of nitrogens with one attached hydrogen (secondary N) is 1. The zero-order valence-corrected chi connectivity index (χ0v) is 11.1. The van der Waals surface area contributed by atoms with Gasteiger partial charge in [-0.3, -0.25) is 4.79 Å². The number of aromatic amines is 1. The number of pyridine rings is 1. The van der Waals surface area contributed by atoms with Gasteiger partial charge in [-0.2, -0.15) is 5.26 Å². The third-order valence-electron chi connectivity index (χ3n) is 2.91. The van der Waals surface area contributed by atoms with Crippen LogP contribution in [0.3, 0.4) is 0 Å². The first kappa shape index (κ1) is 13.6. The Kier molecular flexibility index (Phi) is 3.67. The van der Waals surface area contributed by atoms with Crippen LogP contribution in [0.4, 0.5) is 0 Å². The molecule has 0 amide bonds. The average molecular weight is 268 g/mol. The molecule has 0 aliphatic heterocycles. The Labute approximate surface area is 115 Å². The van der Waals surface area contributed by atoms with Crippen LogP contribution in [-0.4, -0.2) is 18.1 Å². The Morgan fingerprint density at radius 3 is 2.50 bits per heavy atom. The molecule has 0 bridgehead atoms. The molecular formula is C15H12N2O3. The molecule has 20 heavy (non-hydrogen) atoms. The predicted octanol–water partition coefficient (Wildman–Crippen LogP) is 2.01. The van der Waals surface area contributed by atoms with Gasteiger partial charge in [0.15, 0.2) is 0 Å². The van der Waals surface area contributed by atoms with Gasteiger partial charge in [-0.25, -0.2) is 4.79 Å². The Morgan fingerprint density at radius 1 is 1.30 bits per heavy atom. The van der Waals surface area contributed by atoms with E-state index >= 15 is 0 Å². The van der Waals surface area contributed by atoms with Crippen molar-refractivity contribution in [1.29, 1.82) is 5.26 Å². The van der Waals surface area contributed by atoms with Crippen LogP contribution >= 0.6 is 0 Å². The van der Waals surface area contributed by atoms with Gasteiger partial charge in [0.25, 0.3) is 5.56 Å². The number of esters is 1. The van der Waals surface area contributed by atoms with E-state index in [-0.39, 0.29) is 11.3 Å². The third-order valence-corrected chi connectivity index (χ3v) is 2.91. The quantitative estimate of drug-likeness (QED) is 0.844. The molecule has 1 aromatic heterocycles. The molecule has 0 atom stereocenters. The lowest BCUT2D eigenvalue weighted by atomic mass is 10.00. The first-order chi connectivity index (χ1) is 9.56. The second-order valence-electron chi connectivity index (χ2n) is 4.27. The smallest absolute Gasteiger partial charge is 0.354 e. The van der Waals surface area contributed by atoms with E-state index in [4.69, 9.17) is 5.26 Å². The number of hydrogen-bond acceptors (Lipinski definition) is 4. The molecule has 0 saturated heterocycles. The zero-order valence-electron chi connectivity index (χ0n) is 11.1. The minimum Gasteiger partial charge on any atom is -0.464 e. The number of methoxy groups -OCH3 is 1. The van der Waals surface area contributed by atoms with Crippen LogP contribution in [0.1, 0.15) is 21.6 Å². The van der Waals surface area contributed by atoms with E-state index in [0.29, 0.717) is 11.1 Å². The van der Waals surface area contributed by atoms with Crippen molar-refractivity contribution in [1.82, 2.24) is 4.98 Å². The molecule has 0 spiro atoms. The Morgan fingerprint density at radius 2 is 1.95 bits per heavy atom. The second-order valence-corrected chi connectivity index (χ2v) is 4.27. The van der Waals surface area contributed by atoms with Gasteiger partial charge >= 0.3 is 5.97 Å². The molecule has 2 rings (SSSR count). The summed E-state index contributed by atoms with van der Waals surface area (Å²) in [4.78, 5) is 25.7. The van der Waals surface area contributed by atoms with Crippen LogP contribution in [0.25, 0.3) is 11.1 Å². The number of aryl methyl sites for hydroxylation is 1. The third kappa shape index (κ3) is 2.45. The van der Waals surface area contributed by atoms with Crippen LogP contribution in [0.5, 0.6) is 0 Å². The molecule has 1 heterocycles. The molecule has 0 aliphatic rings. The fraction of sp³-hybridized carbons (Fsp3) is 0.133. The highest BCUT2D eigenvalue weighted by Crippen LogP contribution is 2.22. The van der Waals surface area contributed by atoms with Gasteiger partial charge in [0, 0.05) is 5.56 Å². The molecule has 0 aliphatic carbocycles. The van der Waals surface area contributed by atoms with Crippen LogP contribution in [-0.2, 0) is 4.74 Å². The highest BCUT2D eigenvalue weighted by Gasteiger charge is 2.15. The summed E-state index contributed by atoms with van der Waals surface area (Å²) in [5, 5.41) is 9.12. The first-order valence-corrected chi connectivity index (χ1v) is 5.89. The molecule has 1 N–H and O–H groups in total. The maximum absolute atomic E-state index is 11.9. The first-order valence-electron chi connectivity index (χ1n) is 5.89. The lowest BCUT2D eigenvalue weighted by molar-refractivity contribution is 0.0594. The molecule has 100 valence electrons. The van der Waals surface area contributed by atoms with Crippen molar-refractivity contribution >= 4 is 5.97 Å². The summed E-state index contributed by atoms with van der Waals surface area (Å²) in [5.74, 6) is -0.653. The van der Waals surface area contributed by atoms with Crippen LogP contribution in [0.2, 0.25) is 0 Å². The van der Waals surface area contributed by atoms with Crippen molar-refractivity contribution < 1.29 is 9.53 Å². The second kappa shape index (κ2) is 5.41. The highest BCUT2D eigenvalue weighted by atomic mass is 16.5. The largest absolute Gasteiger partial charge is 0.464 e. The summed E-state index contributed by atoms with van der Waals surface area (Å²) in [6.45, 7) is 1.94. The number of benzene rings is 1. The number of hydrogen-bond donors (Lipinski definition) is 1. The zero-order chi connectivity index (χ0) is 14.7. The average Bonchev–Trinajstić information content (AvgIpc) is 2.46. The number of carbonyl (C=O) groups is 1. The standard InChI is InChI=1S/C15H12N2O3/c1-9-3-5-10(6-4-9)11-7-13(15(19)20-2)17-14(18)12(11)8-16/h3-7H,1-2H3,(H,17,18). The maximum atomic E-state index is 11.9. The minimum absolute atomic E-state index is 0.0204. The van der Waals surface area contributed by atoms with Gasteiger partial charge in [-0.15, -0.1) is 0 Å². The summed E-state index contributed by atoms with van der Waals surface area (Å²) in [5.41, 5.74) is 1.56. The Hall–Kier alpha value is -2.87. The number of aromatic nitrogens is 1. The van der Waals surface area contributed by atoms with Crippen molar-refractivity contribution in [3.63, 3.8) is 0 Å². The molecule has 2 aromatic rings. The minimum atomic E-state index is -0.653. The monoisotopic (exact) mass is 268 g/mol. The summed E-state index contributed by atoms with van der Waals surface area (Å²) in [7, 11) is 1.23. The van der Waals surface area contributed by atoms with Crippen molar-refractivity contribution in [3.8, 4) is 17.2 Å². The summed E-state index contributed by atoms with van der Waals surface area (Å²) < 4.78 is 4.58. The predicted molar refractivity (Wildman–Crippen MR) is 73.3 cm³/mol. The normalized spacial score (nSPS) is 9.85. The molecule has 0 unspecified atom stereocenters. The molecule has 0 fully saturated rings. The number of H-pyrrole nitrogens is 1. The summed E-state index contributed by atoms with van der Waals surface area (Å²) in [6, 6.07) is 10.7. The fourth-order valence-electron chi connectivity index (χ4n) is 1.85. The van der Waals surface area contributed by atoms with Crippen LogP contribution in [0, 0.1) is 18.3 Å². The highest BCUT2D eigenvalue weighted by molar-refractivity contribution is 5.89. The molecule has 5 heteroatoms. The number of carbonyl (C=O) groups excluding carboxylic acids is 1. The van der Waals surface area contributed by atoms with Crippen molar-refractivity contribution in [2.75, 3.05) is 7.11 Å². The number of nitrogens with zero attached hydrogens (tertiary/aromatic N) is 1. The maximum Gasteiger partial charge on any atom is 0.354 e. The Bertz CT molecular complexity index is 752. The Balaban J connectivity index is 2.70. The van der Waals surface area contributed by atoms with Gasteiger partial charge in [-0.05, 0) is 18.6 Å². The van der Waals surface area contributed by atoms with Gasteiger partial charge in [0.05, 0.1) is 7.11 Å². The van der Waals surface area contributed by atoms with Crippen molar-refractivity contribution in [3.05, 3.63) is 57.5 Å². The summed E-state index contributed by atoms with van der Waals surface area (Å²) in [6.07, 6.45) is 0. The number of ether oxygens (including phenoxy) is 1. The number of nitriles is 1. The van der Waals surface area contributed by atoms with E-state index in [2.05, 4.69) is 9.72 Å². The SMILES string of the molecule is COC(=O)c1cc(-c2ccc(C)cc2)c(C#N)c(=O)[nH]1. The van der Waals surface area contributed by atoms with Gasteiger partial charge < -0.3 is 9.72 Å². The van der Waals surface area contributed by atoms with Crippen molar-refractivity contribution in [2.45, 2.75) is 6.92 Å². The molecular weight excluding hydrogens is 256 g/mol. The van der Waals surface area contributed by atoms with E-state index in [1.165, 1.54) is 13.2 Å². The fourth-order valence-corrected chi connectivity index (χ4v) is 1.85. The molecule has 0 radical (unpaired) electrons. The summed E-state index contributed by atoms with van der Waals surface area (Å²) >= 11 is 0. The van der Waals surface area contributed by atoms with Crippen LogP contribution in [0.15, 0.2) is 35.1 Å². The van der Waals surface area contributed by atoms with E-state index in [1.807, 2.05) is 25.1 Å². The lowest BCUT2D eigenvalue weighted by Crippen LogP contribution is -2.17. The van der Waals surface area contributed by atoms with Gasteiger partial charge in [-0.1, -0.05) is 29.8 Å². The molecule has 1 aromatic carbocycles. The van der Waals surface area contributed by atoms with Crippen LogP contribution < -0.4 is 5.56 Å². The van der Waals surface area contributed by atoms with E-state index in [9.17, 15) is 9.59 Å². The van der Waals surface area contributed by atoms with E-state index in [0.717, 1.165) is 5.56 Å². The van der Waals surface area contributed by atoms with Crippen molar-refractivity contribution in [2.24, 2.45) is 0 Å². The topological polar surface area (TPSA) is 82.9 Å². The molecule has 5 nitrogen and oxygen atoms in total. The lowest BCUT2D eigenvalue weighted by Gasteiger charge is -2.07.